The van der Waals surface area contributed by atoms with Crippen LogP contribution in [0.2, 0.25) is 0 Å². The van der Waals surface area contributed by atoms with Gasteiger partial charge >= 0.3 is 0 Å². The Labute approximate surface area is 112 Å². The standard InChI is InChI=1S/C16H15N3/c1-2-11-19-12-10-17-16(19)18-15-9-5-7-13-6-3-4-8-14(13)15/h2-10,12H,1,11H2,(H,17,18). The molecule has 0 unspecified atom stereocenters. The number of nitrogens with zero attached hydrogens (tertiary/aromatic N) is 2. The van der Waals surface area contributed by atoms with E-state index in [-0.39, 0.29) is 0 Å². The van der Waals surface area contributed by atoms with Crippen molar-refractivity contribution >= 4 is 22.4 Å². The quantitative estimate of drug-likeness (QED) is 0.709. The van der Waals surface area contributed by atoms with Gasteiger partial charge in [0.25, 0.3) is 0 Å². The Morgan fingerprint density at radius 2 is 2.00 bits per heavy atom. The van der Waals surface area contributed by atoms with E-state index in [2.05, 4.69) is 41.1 Å². The van der Waals surface area contributed by atoms with Gasteiger partial charge in [0, 0.05) is 30.0 Å². The lowest BCUT2D eigenvalue weighted by Gasteiger charge is -2.10. The monoisotopic (exact) mass is 249 g/mol. The second-order valence-electron chi connectivity index (χ2n) is 4.34. The molecule has 0 aliphatic heterocycles. The normalized spacial score (nSPS) is 10.5. The molecule has 0 radical (unpaired) electrons. The van der Waals surface area contributed by atoms with Crippen molar-refractivity contribution < 1.29 is 0 Å². The fourth-order valence-electron chi connectivity index (χ4n) is 2.17. The Hall–Kier alpha value is -2.55. The Balaban J connectivity index is 2.01. The van der Waals surface area contributed by atoms with Crippen LogP contribution in [0, 0.1) is 0 Å². The zero-order valence-electron chi connectivity index (χ0n) is 10.6. The Morgan fingerprint density at radius 3 is 2.89 bits per heavy atom. The zero-order chi connectivity index (χ0) is 13.1. The minimum Gasteiger partial charge on any atom is -0.325 e. The summed E-state index contributed by atoms with van der Waals surface area (Å²) in [5.41, 5.74) is 1.06. The minimum absolute atomic E-state index is 0.743. The molecule has 3 aromatic rings. The lowest BCUT2D eigenvalue weighted by molar-refractivity contribution is 0.833. The highest BCUT2D eigenvalue weighted by Crippen LogP contribution is 2.25. The van der Waals surface area contributed by atoms with E-state index in [9.17, 15) is 0 Å². The molecule has 0 aliphatic carbocycles. The number of imidazole rings is 1. The summed E-state index contributed by atoms with van der Waals surface area (Å²) in [6.45, 7) is 4.50. The summed E-state index contributed by atoms with van der Waals surface area (Å²) in [6, 6.07) is 14.5. The maximum absolute atomic E-state index is 4.34. The molecule has 3 heteroatoms. The molecule has 0 atom stereocenters. The third-order valence-electron chi connectivity index (χ3n) is 3.08. The molecule has 3 nitrogen and oxygen atoms in total. The highest BCUT2D eigenvalue weighted by atomic mass is 15.2. The average Bonchev–Trinajstić information content (AvgIpc) is 2.87. The van der Waals surface area contributed by atoms with Crippen LogP contribution in [0.5, 0.6) is 0 Å². The zero-order valence-corrected chi connectivity index (χ0v) is 10.6. The lowest BCUT2D eigenvalue weighted by Crippen LogP contribution is -2.02. The fourth-order valence-corrected chi connectivity index (χ4v) is 2.17. The van der Waals surface area contributed by atoms with Crippen molar-refractivity contribution in [2.75, 3.05) is 5.32 Å². The molecule has 3 rings (SSSR count). The number of fused-ring (bicyclic) bond motifs is 1. The predicted octanol–water partition coefficient (Wildman–Crippen LogP) is 3.97. The van der Waals surface area contributed by atoms with E-state index >= 15 is 0 Å². The van der Waals surface area contributed by atoms with Crippen LogP contribution in [0.25, 0.3) is 10.8 Å². The largest absolute Gasteiger partial charge is 0.325 e. The van der Waals surface area contributed by atoms with Gasteiger partial charge in [0.15, 0.2) is 0 Å². The highest BCUT2D eigenvalue weighted by Gasteiger charge is 2.04. The summed E-state index contributed by atoms with van der Waals surface area (Å²) in [4.78, 5) is 4.34. The number of nitrogens with one attached hydrogen (secondary N) is 1. The molecule has 0 aliphatic rings. The first-order chi connectivity index (χ1) is 9.38. The van der Waals surface area contributed by atoms with Crippen LogP contribution >= 0.6 is 0 Å². The van der Waals surface area contributed by atoms with E-state index in [0.717, 1.165) is 18.2 Å². The van der Waals surface area contributed by atoms with Crippen molar-refractivity contribution in [2.45, 2.75) is 6.54 Å². The third-order valence-corrected chi connectivity index (χ3v) is 3.08. The second kappa shape index (κ2) is 4.98. The number of hydrogen-bond donors (Lipinski definition) is 1. The molecule has 1 N–H and O–H groups in total. The summed E-state index contributed by atoms with van der Waals surface area (Å²) in [5, 5.41) is 5.79. The van der Waals surface area contributed by atoms with Gasteiger partial charge in [0.05, 0.1) is 0 Å². The molecule has 1 aromatic heterocycles. The number of benzene rings is 2. The van der Waals surface area contributed by atoms with Crippen LogP contribution in [-0.4, -0.2) is 9.55 Å². The topological polar surface area (TPSA) is 29.9 Å². The average molecular weight is 249 g/mol. The van der Waals surface area contributed by atoms with Crippen molar-refractivity contribution in [3.05, 3.63) is 67.5 Å². The molecule has 1 heterocycles. The lowest BCUT2D eigenvalue weighted by atomic mass is 10.1. The summed E-state index contributed by atoms with van der Waals surface area (Å²) < 4.78 is 2.02. The number of aromatic nitrogens is 2. The van der Waals surface area contributed by atoms with Gasteiger partial charge in [-0.25, -0.2) is 4.98 Å². The number of hydrogen-bond acceptors (Lipinski definition) is 2. The van der Waals surface area contributed by atoms with Gasteiger partial charge in [-0.3, -0.25) is 0 Å². The van der Waals surface area contributed by atoms with Crippen LogP contribution in [0.15, 0.2) is 67.5 Å². The summed E-state index contributed by atoms with van der Waals surface area (Å²) in [5.74, 6) is 0.830. The first-order valence-corrected chi connectivity index (χ1v) is 6.25. The van der Waals surface area contributed by atoms with E-state index in [0.29, 0.717) is 0 Å². The van der Waals surface area contributed by atoms with Gasteiger partial charge in [0.2, 0.25) is 5.95 Å². The van der Waals surface area contributed by atoms with Crippen molar-refractivity contribution in [1.82, 2.24) is 9.55 Å². The van der Waals surface area contributed by atoms with Crippen molar-refractivity contribution in [3.8, 4) is 0 Å². The van der Waals surface area contributed by atoms with Crippen LogP contribution in [0.3, 0.4) is 0 Å². The number of rotatable bonds is 4. The van der Waals surface area contributed by atoms with E-state index in [1.54, 1.807) is 6.20 Å². The van der Waals surface area contributed by atoms with Gasteiger partial charge in [0.1, 0.15) is 0 Å². The summed E-state index contributed by atoms with van der Waals surface area (Å²) in [7, 11) is 0. The van der Waals surface area contributed by atoms with Gasteiger partial charge in [-0.05, 0) is 11.5 Å². The first-order valence-electron chi connectivity index (χ1n) is 6.25. The van der Waals surface area contributed by atoms with E-state index in [1.807, 2.05) is 35.0 Å². The molecule has 0 amide bonds. The van der Waals surface area contributed by atoms with Crippen LogP contribution in [0.1, 0.15) is 0 Å². The molecular weight excluding hydrogens is 234 g/mol. The van der Waals surface area contributed by atoms with Gasteiger partial charge in [-0.15, -0.1) is 6.58 Å². The molecule has 0 spiro atoms. The van der Waals surface area contributed by atoms with Gasteiger partial charge in [-0.1, -0.05) is 42.5 Å². The third kappa shape index (κ3) is 2.22. The highest BCUT2D eigenvalue weighted by molar-refractivity contribution is 5.94. The first kappa shape index (κ1) is 11.5. The molecule has 0 saturated heterocycles. The van der Waals surface area contributed by atoms with Crippen molar-refractivity contribution in [1.29, 1.82) is 0 Å². The molecule has 0 bridgehead atoms. The number of allylic oxidation sites excluding steroid dienone is 1. The Bertz CT molecular complexity index is 707. The summed E-state index contributed by atoms with van der Waals surface area (Å²) >= 11 is 0. The maximum Gasteiger partial charge on any atom is 0.207 e. The second-order valence-corrected chi connectivity index (χ2v) is 4.34. The predicted molar refractivity (Wildman–Crippen MR) is 79.7 cm³/mol. The SMILES string of the molecule is C=CCn1ccnc1Nc1cccc2ccccc12. The Morgan fingerprint density at radius 1 is 1.16 bits per heavy atom. The molecule has 2 aromatic carbocycles. The molecular formula is C16H15N3. The molecule has 0 fully saturated rings. The van der Waals surface area contributed by atoms with Crippen molar-refractivity contribution in [3.63, 3.8) is 0 Å². The maximum atomic E-state index is 4.34. The van der Waals surface area contributed by atoms with Crippen LogP contribution < -0.4 is 5.32 Å². The van der Waals surface area contributed by atoms with E-state index in [1.165, 1.54) is 10.8 Å². The molecule has 19 heavy (non-hydrogen) atoms. The van der Waals surface area contributed by atoms with Gasteiger partial charge in [-0.2, -0.15) is 0 Å². The van der Waals surface area contributed by atoms with E-state index < -0.39 is 0 Å². The van der Waals surface area contributed by atoms with Gasteiger partial charge < -0.3 is 9.88 Å². The molecule has 0 saturated carbocycles. The minimum atomic E-state index is 0.743. The summed E-state index contributed by atoms with van der Waals surface area (Å²) in [6.07, 6.45) is 5.59. The molecule has 94 valence electrons. The number of anilines is 2. The smallest absolute Gasteiger partial charge is 0.207 e. The fraction of sp³-hybridized carbons (Fsp3) is 0.0625. The van der Waals surface area contributed by atoms with Crippen molar-refractivity contribution in [2.24, 2.45) is 0 Å². The van der Waals surface area contributed by atoms with E-state index in [4.69, 9.17) is 0 Å². The van der Waals surface area contributed by atoms with Crippen LogP contribution in [0.4, 0.5) is 11.6 Å². The Kier molecular flexibility index (Phi) is 3.02. The van der Waals surface area contributed by atoms with Crippen LogP contribution in [-0.2, 0) is 6.54 Å².